The summed E-state index contributed by atoms with van der Waals surface area (Å²) < 4.78 is 0. The van der Waals surface area contributed by atoms with Gasteiger partial charge in [0.1, 0.15) is 0 Å². The van der Waals surface area contributed by atoms with E-state index in [0.717, 1.165) is 0 Å². The van der Waals surface area contributed by atoms with Crippen molar-refractivity contribution in [3.05, 3.63) is 54.6 Å². The van der Waals surface area contributed by atoms with Gasteiger partial charge in [-0.1, -0.05) is 62.2 Å². The molecule has 2 aromatic rings. The molecule has 0 amide bonds. The fourth-order valence-electron chi connectivity index (χ4n) is 1.92. The molecule has 2 rings (SSSR count). The molecule has 0 unspecified atom stereocenters. The first-order valence-corrected chi connectivity index (χ1v) is 7.67. The molecule has 1 heteroatoms. The van der Waals surface area contributed by atoms with Crippen molar-refractivity contribution in [2.24, 2.45) is 0 Å². The Morgan fingerprint density at radius 3 is 2.11 bits per heavy atom. The minimum absolute atomic E-state index is 1.23. The second kappa shape index (κ2) is 7.27. The van der Waals surface area contributed by atoms with E-state index in [1.807, 2.05) is 11.8 Å². The van der Waals surface area contributed by atoms with Crippen LogP contribution >= 0.6 is 11.8 Å². The normalized spacial score (nSPS) is 10.5. The molecule has 0 heterocycles. The van der Waals surface area contributed by atoms with E-state index < -0.39 is 0 Å². The van der Waals surface area contributed by atoms with Crippen LogP contribution in [0.15, 0.2) is 59.5 Å². The van der Waals surface area contributed by atoms with E-state index in [4.69, 9.17) is 0 Å². The van der Waals surface area contributed by atoms with Gasteiger partial charge in [-0.3, -0.25) is 0 Å². The van der Waals surface area contributed by atoms with Gasteiger partial charge in [-0.2, -0.15) is 0 Å². The quantitative estimate of drug-likeness (QED) is 0.476. The molecule has 0 saturated carbocycles. The van der Waals surface area contributed by atoms with Crippen molar-refractivity contribution in [1.29, 1.82) is 0 Å². The van der Waals surface area contributed by atoms with Gasteiger partial charge in [-0.15, -0.1) is 11.8 Å². The Kier molecular flexibility index (Phi) is 5.35. The molecular weight excluding hydrogens is 236 g/mol. The predicted molar refractivity (Wildman–Crippen MR) is 82.1 cm³/mol. The third-order valence-electron chi connectivity index (χ3n) is 2.98. The van der Waals surface area contributed by atoms with Gasteiger partial charge in [-0.05, 0) is 35.4 Å². The van der Waals surface area contributed by atoms with Crippen molar-refractivity contribution in [1.82, 2.24) is 0 Å². The fraction of sp³-hybridized carbons (Fsp3) is 0.294. The Morgan fingerprint density at radius 1 is 0.778 bits per heavy atom. The lowest BCUT2D eigenvalue weighted by Gasteiger charge is -2.04. The highest BCUT2D eigenvalue weighted by atomic mass is 32.2. The third-order valence-corrected chi connectivity index (χ3v) is 4.08. The van der Waals surface area contributed by atoms with Gasteiger partial charge in [0, 0.05) is 4.90 Å². The van der Waals surface area contributed by atoms with Crippen LogP contribution in [0.4, 0.5) is 0 Å². The largest absolute Gasteiger partial charge is 0.126 e. The van der Waals surface area contributed by atoms with Crippen LogP contribution in [0.2, 0.25) is 0 Å². The summed E-state index contributed by atoms with van der Waals surface area (Å²) in [6, 6.07) is 19.5. The molecule has 2 aromatic carbocycles. The molecule has 18 heavy (non-hydrogen) atoms. The molecule has 0 saturated heterocycles. The Labute approximate surface area is 114 Å². The molecule has 0 bridgehead atoms. The van der Waals surface area contributed by atoms with Gasteiger partial charge in [0.25, 0.3) is 0 Å². The molecule has 0 fully saturated rings. The first-order valence-electron chi connectivity index (χ1n) is 6.68. The molecule has 0 atom stereocenters. The molecule has 0 radical (unpaired) electrons. The summed E-state index contributed by atoms with van der Waals surface area (Å²) in [5.41, 5.74) is 2.59. The monoisotopic (exact) mass is 256 g/mol. The van der Waals surface area contributed by atoms with Crippen molar-refractivity contribution in [2.75, 3.05) is 5.75 Å². The second-order valence-corrected chi connectivity index (χ2v) is 5.61. The summed E-state index contributed by atoms with van der Waals surface area (Å²) >= 11 is 1.96. The van der Waals surface area contributed by atoms with E-state index in [1.165, 1.54) is 41.0 Å². The molecule has 0 nitrogen and oxygen atoms in total. The number of hydrogen-bond acceptors (Lipinski definition) is 1. The van der Waals surface area contributed by atoms with Crippen LogP contribution in [0.1, 0.15) is 26.2 Å². The van der Waals surface area contributed by atoms with Gasteiger partial charge in [0.2, 0.25) is 0 Å². The zero-order valence-electron chi connectivity index (χ0n) is 10.9. The molecule has 0 aliphatic carbocycles. The maximum Gasteiger partial charge on any atom is 0.00723 e. The highest BCUT2D eigenvalue weighted by Gasteiger charge is 1.97. The Morgan fingerprint density at radius 2 is 1.44 bits per heavy atom. The van der Waals surface area contributed by atoms with E-state index in [-0.39, 0.29) is 0 Å². The summed E-state index contributed by atoms with van der Waals surface area (Å²) in [4.78, 5) is 1.38. The Balaban J connectivity index is 1.94. The van der Waals surface area contributed by atoms with Crippen LogP contribution in [0.5, 0.6) is 0 Å². The number of hydrogen-bond donors (Lipinski definition) is 0. The molecular formula is C17H20S. The van der Waals surface area contributed by atoms with Crippen molar-refractivity contribution < 1.29 is 0 Å². The highest BCUT2D eigenvalue weighted by Crippen LogP contribution is 2.24. The molecule has 0 aromatic heterocycles. The van der Waals surface area contributed by atoms with E-state index >= 15 is 0 Å². The van der Waals surface area contributed by atoms with Gasteiger partial charge in [0.15, 0.2) is 0 Å². The first kappa shape index (κ1) is 13.2. The highest BCUT2D eigenvalue weighted by molar-refractivity contribution is 7.99. The molecule has 0 N–H and O–H groups in total. The Hall–Kier alpha value is -1.21. The molecule has 94 valence electrons. The second-order valence-electron chi connectivity index (χ2n) is 4.45. The molecule has 0 spiro atoms. The van der Waals surface area contributed by atoms with Crippen molar-refractivity contribution in [3.63, 3.8) is 0 Å². The summed E-state index contributed by atoms with van der Waals surface area (Å²) in [6.07, 6.45) is 3.96. The SMILES string of the molecule is CCCCCSc1ccc(-c2ccccc2)cc1. The average Bonchev–Trinajstić information content (AvgIpc) is 2.45. The molecule has 0 aliphatic rings. The maximum absolute atomic E-state index is 2.25. The van der Waals surface area contributed by atoms with E-state index in [1.54, 1.807) is 0 Å². The lowest BCUT2D eigenvalue weighted by Crippen LogP contribution is -1.81. The minimum Gasteiger partial charge on any atom is -0.126 e. The maximum atomic E-state index is 2.25. The summed E-state index contributed by atoms with van der Waals surface area (Å²) in [5, 5.41) is 0. The van der Waals surface area contributed by atoms with Crippen LogP contribution in [0.3, 0.4) is 0 Å². The zero-order valence-corrected chi connectivity index (χ0v) is 11.7. The van der Waals surface area contributed by atoms with Gasteiger partial charge in [0.05, 0.1) is 0 Å². The van der Waals surface area contributed by atoms with Gasteiger partial charge < -0.3 is 0 Å². The lowest BCUT2D eigenvalue weighted by molar-refractivity contribution is 0.778. The summed E-state index contributed by atoms with van der Waals surface area (Å²) in [7, 11) is 0. The predicted octanol–water partition coefficient (Wildman–Crippen LogP) is 5.64. The van der Waals surface area contributed by atoms with Crippen LogP contribution in [0, 0.1) is 0 Å². The van der Waals surface area contributed by atoms with Crippen LogP contribution in [-0.2, 0) is 0 Å². The van der Waals surface area contributed by atoms with Gasteiger partial charge in [-0.25, -0.2) is 0 Å². The zero-order chi connectivity index (χ0) is 12.6. The van der Waals surface area contributed by atoms with Gasteiger partial charge >= 0.3 is 0 Å². The summed E-state index contributed by atoms with van der Waals surface area (Å²) in [6.45, 7) is 2.25. The van der Waals surface area contributed by atoms with Crippen LogP contribution in [-0.4, -0.2) is 5.75 Å². The standard InChI is InChI=1S/C17H20S/c1-2-3-7-14-18-17-12-10-16(11-13-17)15-8-5-4-6-9-15/h4-6,8-13H,2-3,7,14H2,1H3. The number of benzene rings is 2. The molecule has 0 aliphatic heterocycles. The van der Waals surface area contributed by atoms with Crippen molar-refractivity contribution >= 4 is 11.8 Å². The fourth-order valence-corrected chi connectivity index (χ4v) is 2.83. The summed E-state index contributed by atoms with van der Waals surface area (Å²) in [5.74, 6) is 1.23. The topological polar surface area (TPSA) is 0 Å². The van der Waals surface area contributed by atoms with E-state index in [0.29, 0.717) is 0 Å². The van der Waals surface area contributed by atoms with Crippen molar-refractivity contribution in [3.8, 4) is 11.1 Å². The van der Waals surface area contributed by atoms with Crippen LogP contribution < -0.4 is 0 Å². The number of thioether (sulfide) groups is 1. The van der Waals surface area contributed by atoms with E-state index in [2.05, 4.69) is 61.5 Å². The van der Waals surface area contributed by atoms with E-state index in [9.17, 15) is 0 Å². The average molecular weight is 256 g/mol. The number of rotatable bonds is 6. The minimum atomic E-state index is 1.23. The van der Waals surface area contributed by atoms with Crippen LogP contribution in [0.25, 0.3) is 11.1 Å². The lowest BCUT2D eigenvalue weighted by atomic mass is 10.1. The third kappa shape index (κ3) is 3.92. The smallest absolute Gasteiger partial charge is 0.00723 e. The number of unbranched alkanes of at least 4 members (excludes halogenated alkanes) is 2. The Bertz CT molecular complexity index is 445. The first-order chi connectivity index (χ1) is 8.90. The van der Waals surface area contributed by atoms with Crippen molar-refractivity contribution in [2.45, 2.75) is 31.1 Å².